The van der Waals surface area contributed by atoms with E-state index in [-0.39, 0.29) is 5.91 Å². The minimum atomic E-state index is -0.414. The molecule has 0 fully saturated rings. The number of amides is 1. The Hall–Kier alpha value is -2.14. The molecule has 1 aromatic carbocycles. The first-order valence-corrected chi connectivity index (χ1v) is 5.67. The average Bonchev–Trinajstić information content (AvgIpc) is 2.77. The topological polar surface area (TPSA) is 67.2 Å². The quantitative estimate of drug-likeness (QED) is 0.863. The summed E-state index contributed by atoms with van der Waals surface area (Å²) >= 11 is 0. The Morgan fingerprint density at radius 1 is 1.33 bits per heavy atom. The largest absolute Gasteiger partial charge is 0.360 e. The minimum absolute atomic E-state index is 0.169. The molecule has 1 amide bonds. The van der Waals surface area contributed by atoms with Gasteiger partial charge in [-0.1, -0.05) is 35.5 Å². The van der Waals surface area contributed by atoms with Gasteiger partial charge in [0, 0.05) is 6.07 Å². The van der Waals surface area contributed by atoms with Crippen molar-refractivity contribution in [1.82, 2.24) is 10.5 Å². The van der Waals surface area contributed by atoms with Crippen molar-refractivity contribution in [1.29, 1.82) is 0 Å². The van der Waals surface area contributed by atoms with Gasteiger partial charge < -0.3 is 15.2 Å². The molecule has 1 aromatic heterocycles. The molecule has 0 saturated carbocycles. The van der Waals surface area contributed by atoms with Crippen molar-refractivity contribution >= 4 is 11.7 Å². The van der Waals surface area contributed by atoms with Crippen LogP contribution < -0.4 is 10.6 Å². The molecule has 94 valence electrons. The van der Waals surface area contributed by atoms with Crippen molar-refractivity contribution in [2.24, 2.45) is 0 Å². The Morgan fingerprint density at radius 3 is 2.61 bits per heavy atom. The molecule has 5 nitrogen and oxygen atoms in total. The fourth-order valence-corrected chi connectivity index (χ4v) is 1.72. The summed E-state index contributed by atoms with van der Waals surface area (Å²) in [6.45, 7) is 1.77. The number of carbonyl (C=O) groups is 1. The summed E-state index contributed by atoms with van der Waals surface area (Å²) in [6, 6.07) is 10.8. The van der Waals surface area contributed by atoms with E-state index in [1.54, 1.807) is 20.0 Å². The van der Waals surface area contributed by atoms with Crippen molar-refractivity contribution in [3.8, 4) is 0 Å². The van der Waals surface area contributed by atoms with Crippen LogP contribution in [0.25, 0.3) is 0 Å². The number of carbonyl (C=O) groups excluding carboxylic acids is 1. The maximum Gasteiger partial charge on any atom is 0.247 e. The number of nitrogens with zero attached hydrogens (tertiary/aromatic N) is 1. The van der Waals surface area contributed by atoms with Crippen LogP contribution in [0.5, 0.6) is 0 Å². The summed E-state index contributed by atoms with van der Waals surface area (Å²) < 4.78 is 4.90. The molecule has 0 saturated heterocycles. The smallest absolute Gasteiger partial charge is 0.247 e. The third kappa shape index (κ3) is 2.75. The Kier molecular flexibility index (Phi) is 3.74. The van der Waals surface area contributed by atoms with E-state index in [9.17, 15) is 4.79 Å². The lowest BCUT2D eigenvalue weighted by molar-refractivity contribution is -0.118. The molecule has 5 heteroatoms. The number of rotatable bonds is 4. The maximum atomic E-state index is 12.1. The highest BCUT2D eigenvalue weighted by Crippen LogP contribution is 2.15. The molecule has 2 aromatic rings. The second kappa shape index (κ2) is 5.46. The van der Waals surface area contributed by atoms with Gasteiger partial charge in [-0.05, 0) is 19.5 Å². The molecular formula is C13H15N3O2. The van der Waals surface area contributed by atoms with Gasteiger partial charge in [-0.25, -0.2) is 0 Å². The maximum absolute atomic E-state index is 12.1. The van der Waals surface area contributed by atoms with Crippen LogP contribution in [0.4, 0.5) is 5.82 Å². The summed E-state index contributed by atoms with van der Waals surface area (Å²) in [5, 5.41) is 9.41. The van der Waals surface area contributed by atoms with Crippen LogP contribution in [-0.4, -0.2) is 18.1 Å². The van der Waals surface area contributed by atoms with Gasteiger partial charge in [0.25, 0.3) is 0 Å². The third-order valence-corrected chi connectivity index (χ3v) is 2.56. The number of nitrogens with one attached hydrogen (secondary N) is 2. The predicted molar refractivity (Wildman–Crippen MR) is 68.1 cm³/mol. The van der Waals surface area contributed by atoms with Crippen molar-refractivity contribution in [3.63, 3.8) is 0 Å². The van der Waals surface area contributed by atoms with E-state index in [4.69, 9.17) is 4.52 Å². The molecule has 2 rings (SSSR count). The van der Waals surface area contributed by atoms with E-state index in [1.165, 1.54) is 0 Å². The molecule has 0 aliphatic heterocycles. The molecule has 18 heavy (non-hydrogen) atoms. The average molecular weight is 245 g/mol. The monoisotopic (exact) mass is 245 g/mol. The third-order valence-electron chi connectivity index (χ3n) is 2.56. The lowest BCUT2D eigenvalue weighted by Gasteiger charge is -2.15. The molecular weight excluding hydrogens is 230 g/mol. The van der Waals surface area contributed by atoms with E-state index in [2.05, 4.69) is 15.8 Å². The number of benzene rings is 1. The Bertz CT molecular complexity index is 522. The standard InChI is InChI=1S/C13H15N3O2/c1-9-8-11(16-18-9)15-13(17)12(14-2)10-6-4-3-5-7-10/h3-8,12,14H,1-2H3,(H,15,16,17)/t12-/m1/s1. The lowest BCUT2D eigenvalue weighted by atomic mass is 10.1. The van der Waals surface area contributed by atoms with E-state index in [0.717, 1.165) is 5.56 Å². The highest BCUT2D eigenvalue weighted by Gasteiger charge is 2.19. The molecule has 0 bridgehead atoms. The van der Waals surface area contributed by atoms with Gasteiger partial charge in [0.15, 0.2) is 5.82 Å². The normalized spacial score (nSPS) is 12.1. The van der Waals surface area contributed by atoms with Crippen molar-refractivity contribution in [3.05, 3.63) is 47.7 Å². The van der Waals surface area contributed by atoms with Gasteiger partial charge in [0.05, 0.1) is 0 Å². The summed E-state index contributed by atoms with van der Waals surface area (Å²) in [6.07, 6.45) is 0. The molecule has 2 N–H and O–H groups in total. The zero-order valence-corrected chi connectivity index (χ0v) is 10.3. The Balaban J connectivity index is 2.11. The van der Waals surface area contributed by atoms with E-state index in [1.807, 2.05) is 30.3 Å². The molecule has 1 atom stereocenters. The number of aryl methyl sites for hydroxylation is 1. The molecule has 0 aliphatic rings. The predicted octanol–water partition coefficient (Wildman–Crippen LogP) is 1.88. The summed E-state index contributed by atoms with van der Waals surface area (Å²) in [5.41, 5.74) is 0.901. The summed E-state index contributed by atoms with van der Waals surface area (Å²) in [5.74, 6) is 0.914. The number of likely N-dealkylation sites (N-methyl/N-ethyl adjacent to an activating group) is 1. The van der Waals surface area contributed by atoms with Crippen LogP contribution in [-0.2, 0) is 4.79 Å². The first kappa shape index (κ1) is 12.3. The number of anilines is 1. The van der Waals surface area contributed by atoms with Gasteiger partial charge >= 0.3 is 0 Å². The van der Waals surface area contributed by atoms with Crippen LogP contribution in [0.3, 0.4) is 0 Å². The van der Waals surface area contributed by atoms with Crippen LogP contribution in [0.15, 0.2) is 40.9 Å². The zero-order valence-electron chi connectivity index (χ0n) is 10.3. The Morgan fingerprint density at radius 2 is 2.06 bits per heavy atom. The van der Waals surface area contributed by atoms with Crippen molar-refractivity contribution in [2.75, 3.05) is 12.4 Å². The van der Waals surface area contributed by atoms with Crippen molar-refractivity contribution in [2.45, 2.75) is 13.0 Å². The highest BCUT2D eigenvalue weighted by atomic mass is 16.5. The van der Waals surface area contributed by atoms with Gasteiger partial charge in [-0.2, -0.15) is 0 Å². The first-order chi connectivity index (χ1) is 8.70. The van der Waals surface area contributed by atoms with E-state index < -0.39 is 6.04 Å². The fraction of sp³-hybridized carbons (Fsp3) is 0.231. The number of hydrogen-bond acceptors (Lipinski definition) is 4. The molecule has 0 radical (unpaired) electrons. The first-order valence-electron chi connectivity index (χ1n) is 5.67. The van der Waals surface area contributed by atoms with Gasteiger partial charge in [-0.15, -0.1) is 0 Å². The van der Waals surface area contributed by atoms with Crippen LogP contribution in [0.2, 0.25) is 0 Å². The summed E-state index contributed by atoms with van der Waals surface area (Å²) in [7, 11) is 1.74. The van der Waals surface area contributed by atoms with Gasteiger partial charge in [0.1, 0.15) is 11.8 Å². The van der Waals surface area contributed by atoms with Gasteiger partial charge in [0.2, 0.25) is 5.91 Å². The molecule has 0 unspecified atom stereocenters. The van der Waals surface area contributed by atoms with Gasteiger partial charge in [-0.3, -0.25) is 4.79 Å². The fourth-order valence-electron chi connectivity index (χ4n) is 1.72. The number of hydrogen-bond donors (Lipinski definition) is 2. The summed E-state index contributed by atoms with van der Waals surface area (Å²) in [4.78, 5) is 12.1. The molecule has 1 heterocycles. The minimum Gasteiger partial charge on any atom is -0.360 e. The second-order valence-corrected chi connectivity index (χ2v) is 3.94. The number of aromatic nitrogens is 1. The van der Waals surface area contributed by atoms with Crippen LogP contribution in [0.1, 0.15) is 17.4 Å². The zero-order chi connectivity index (χ0) is 13.0. The highest BCUT2D eigenvalue weighted by molar-refractivity contribution is 5.94. The lowest BCUT2D eigenvalue weighted by Crippen LogP contribution is -2.30. The molecule has 0 aliphatic carbocycles. The molecule has 0 spiro atoms. The second-order valence-electron chi connectivity index (χ2n) is 3.94. The van der Waals surface area contributed by atoms with E-state index >= 15 is 0 Å². The van der Waals surface area contributed by atoms with E-state index in [0.29, 0.717) is 11.6 Å². The Labute approximate surface area is 105 Å². The van der Waals surface area contributed by atoms with Crippen molar-refractivity contribution < 1.29 is 9.32 Å². The van der Waals surface area contributed by atoms with Crippen LogP contribution >= 0.6 is 0 Å². The SMILES string of the molecule is CN[C@@H](C(=O)Nc1cc(C)on1)c1ccccc1. The van der Waals surface area contributed by atoms with Crippen LogP contribution in [0, 0.1) is 6.92 Å².